The monoisotopic (exact) mass is 1490 g/mol. The number of phosphoric acid groups is 3. The summed E-state index contributed by atoms with van der Waals surface area (Å²) in [5.74, 6) is -1.72. The third-order valence-electron chi connectivity index (χ3n) is 17.1. The third kappa shape index (κ3) is 41.5. The molecule has 578 valence electrons. The molecule has 0 aromatic carbocycles. The molecule has 101 heavy (non-hydrogen) atoms. The maximum Gasteiger partial charge on any atom is 0.483 e. The molecule has 0 saturated carbocycles. The van der Waals surface area contributed by atoms with E-state index < -0.39 is 136 Å². The second kappa shape index (κ2) is 49.8. The average molecular weight is 1490 g/mol. The summed E-state index contributed by atoms with van der Waals surface area (Å²) in [5, 5.41) is 66.5. The Kier molecular flexibility index (Phi) is 45.9. The maximum atomic E-state index is 13.3. The number of allylic oxidation sites excluding steroid dienone is 21. The number of carbonyl (C=O) groups is 2. The number of hydrogen-bond donors (Lipinski definition) is 11. The first kappa shape index (κ1) is 93.2. The SMILES string of the molecule is CC(=O)N[C@@H]1[C@H](O[C@H]2[C@H](O)[C@@H](NC(C)=O)[C@@H](OP(=O)(O)OP(=O)(O)OC/C=C(/C)CC/C=C(/C)CC/C=C(/C)CC/C=C(/C)CC/C=C(/C)CC/C=C(/C)CC/C=C(/C)CC/C=C(/C)CC/C=C(\C)CC/C=C(\C)CCC=C(C)C)O[C@@H]2CO)O[C@H](CO)[C@@H](OP(=O)(O)OC[C@H](O)CO)[C@@H]1O. The van der Waals surface area contributed by atoms with Gasteiger partial charge in [0, 0.05) is 13.8 Å². The summed E-state index contributed by atoms with van der Waals surface area (Å²) in [7, 11) is -16.3. The van der Waals surface area contributed by atoms with Gasteiger partial charge in [-0.05, 0) is 212 Å². The highest BCUT2D eigenvalue weighted by molar-refractivity contribution is 7.61. The van der Waals surface area contributed by atoms with E-state index in [4.69, 9.17) is 32.9 Å². The fourth-order valence-corrected chi connectivity index (χ4v) is 14.2. The van der Waals surface area contributed by atoms with Crippen LogP contribution in [0.25, 0.3) is 0 Å². The van der Waals surface area contributed by atoms with Gasteiger partial charge in [-0.2, -0.15) is 4.31 Å². The molecule has 3 unspecified atom stereocenters. The summed E-state index contributed by atoms with van der Waals surface area (Å²) in [4.78, 5) is 56.1. The Morgan fingerprint density at radius 1 is 0.416 bits per heavy atom. The molecule has 2 rings (SSSR count). The lowest BCUT2D eigenvalue weighted by Crippen LogP contribution is -2.69. The van der Waals surface area contributed by atoms with Gasteiger partial charge in [-0.1, -0.05) is 128 Å². The van der Waals surface area contributed by atoms with Gasteiger partial charge in [0.2, 0.25) is 11.8 Å². The molecule has 0 aromatic heterocycles. The zero-order valence-corrected chi connectivity index (χ0v) is 65.2. The standard InChI is InChI=1S/C74H125N2O22P3/c1-51(2)25-15-26-52(3)27-16-28-53(4)29-17-30-54(5)31-18-32-55(6)33-19-34-56(7)35-20-36-57(8)37-21-38-58(9)39-22-40-59(10)41-23-42-60(11)43-24-44-61(12)45-46-91-100(87,88)98-101(89,90)97-74-68(76-63(14)81)69(83)71(65(48-78)94-74)95-73-67(75-62(13)80)70(84)72(66(49-79)93-73)96-99(85,86)92-50-64(82)47-77/h25,27,29,31,33,35,37,39,41,43,45,64-74,77-79,82-84H,15-24,26,28,30,32,34,36,38,40,42,44,46-50H2,1-14H3,(H,75,80)(H,76,81)(H,85,86)(H,87,88)(H,89,90)/b52-27+,53-29+,54-31-,55-33-,56-35-,57-37-,58-39-,59-41-,60-43-,61-45-/t64-,65-,66-,67+,68-,69-,70-,71-,72-,73+,74-/m1/s1. The number of hydrogen-bond acceptors (Lipinski definition) is 19. The molecule has 2 amide bonds. The van der Waals surface area contributed by atoms with Gasteiger partial charge >= 0.3 is 23.5 Å². The van der Waals surface area contributed by atoms with E-state index in [9.17, 15) is 63.5 Å². The topological polar surface area (TPSA) is 365 Å². The van der Waals surface area contributed by atoms with E-state index in [1.54, 1.807) is 6.92 Å². The lowest BCUT2D eigenvalue weighted by atomic mass is 9.94. The summed E-state index contributed by atoms with van der Waals surface area (Å²) in [6.45, 7) is 23.7. The fourth-order valence-electron chi connectivity index (χ4n) is 11.1. The zero-order valence-electron chi connectivity index (χ0n) is 62.6. The quantitative estimate of drug-likeness (QED) is 0.0199. The molecule has 2 heterocycles. The molecular weight excluding hydrogens is 1360 g/mol. The van der Waals surface area contributed by atoms with Crippen molar-refractivity contribution < 1.29 is 105 Å². The predicted molar refractivity (Wildman–Crippen MR) is 394 cm³/mol. The first-order valence-electron chi connectivity index (χ1n) is 35.4. The van der Waals surface area contributed by atoms with Crippen LogP contribution in [0.15, 0.2) is 128 Å². The highest BCUT2D eigenvalue weighted by Crippen LogP contribution is 2.61. The van der Waals surface area contributed by atoms with Crippen molar-refractivity contribution in [3.8, 4) is 0 Å². The Hall–Kier alpha value is -3.91. The minimum Gasteiger partial charge on any atom is -0.394 e. The van der Waals surface area contributed by atoms with E-state index in [1.807, 2.05) is 0 Å². The van der Waals surface area contributed by atoms with E-state index >= 15 is 0 Å². The number of phosphoric ester groups is 3. The summed E-state index contributed by atoms with van der Waals surface area (Å²) in [6, 6.07) is -3.66. The Morgan fingerprint density at radius 2 is 0.723 bits per heavy atom. The van der Waals surface area contributed by atoms with Crippen LogP contribution in [0.2, 0.25) is 0 Å². The van der Waals surface area contributed by atoms with Crippen molar-refractivity contribution in [2.75, 3.05) is 33.0 Å². The summed E-state index contributed by atoms with van der Waals surface area (Å²) < 4.78 is 80.3. The molecule has 0 bridgehead atoms. The second-order valence-corrected chi connectivity index (χ2v) is 31.7. The predicted octanol–water partition coefficient (Wildman–Crippen LogP) is 13.9. The van der Waals surface area contributed by atoms with Gasteiger partial charge in [-0.3, -0.25) is 27.7 Å². The van der Waals surface area contributed by atoms with E-state index in [0.717, 1.165) is 135 Å². The van der Waals surface area contributed by atoms with Gasteiger partial charge in [0.05, 0.1) is 33.0 Å². The van der Waals surface area contributed by atoms with Crippen molar-refractivity contribution in [1.29, 1.82) is 0 Å². The molecule has 0 spiro atoms. The Bertz CT molecular complexity index is 3030. The normalized spacial score (nSPS) is 24.9. The lowest BCUT2D eigenvalue weighted by Gasteiger charge is -2.48. The molecule has 11 N–H and O–H groups in total. The van der Waals surface area contributed by atoms with Gasteiger partial charge < -0.3 is 70.2 Å². The van der Waals surface area contributed by atoms with Crippen molar-refractivity contribution in [3.63, 3.8) is 0 Å². The van der Waals surface area contributed by atoms with E-state index in [-0.39, 0.29) is 0 Å². The molecule has 14 atom stereocenters. The summed E-state index contributed by atoms with van der Waals surface area (Å²) in [5.41, 5.74) is 15.0. The molecule has 24 nitrogen and oxygen atoms in total. The Labute approximate surface area is 602 Å². The lowest BCUT2D eigenvalue weighted by molar-refractivity contribution is -0.324. The van der Waals surface area contributed by atoms with Crippen LogP contribution in [0.4, 0.5) is 0 Å². The van der Waals surface area contributed by atoms with Crippen molar-refractivity contribution in [2.24, 2.45) is 0 Å². The van der Waals surface area contributed by atoms with E-state index in [0.29, 0.717) is 12.8 Å². The number of carbonyl (C=O) groups excluding carboxylic acids is 2. The number of nitrogens with one attached hydrogen (secondary N) is 2. The highest BCUT2D eigenvalue weighted by Gasteiger charge is 2.55. The fraction of sp³-hybridized carbons (Fsp3) is 0.676. The number of rotatable bonds is 49. The van der Waals surface area contributed by atoms with Crippen LogP contribution in [0.3, 0.4) is 0 Å². The molecule has 2 fully saturated rings. The zero-order chi connectivity index (χ0) is 75.9. The molecule has 0 aliphatic carbocycles. The van der Waals surface area contributed by atoms with Crippen LogP contribution in [0.5, 0.6) is 0 Å². The first-order valence-corrected chi connectivity index (χ1v) is 39.9. The maximum absolute atomic E-state index is 13.3. The van der Waals surface area contributed by atoms with E-state index in [1.165, 1.54) is 61.8 Å². The number of amides is 2. The largest absolute Gasteiger partial charge is 0.483 e. The molecule has 0 radical (unpaired) electrons. The molecule has 27 heteroatoms. The van der Waals surface area contributed by atoms with E-state index in [2.05, 4.69) is 156 Å². The minimum atomic E-state index is -5.72. The van der Waals surface area contributed by atoms with Crippen LogP contribution in [0.1, 0.15) is 225 Å². The van der Waals surface area contributed by atoms with Gasteiger partial charge in [0.1, 0.15) is 54.8 Å². The van der Waals surface area contributed by atoms with Crippen LogP contribution < -0.4 is 10.6 Å². The van der Waals surface area contributed by atoms with Crippen LogP contribution in [-0.2, 0) is 59.9 Å². The molecule has 0 aromatic rings. The minimum absolute atomic E-state index is 0.522. The number of aliphatic hydroxyl groups is 6. The van der Waals surface area contributed by atoms with Crippen LogP contribution in [0, 0.1) is 0 Å². The van der Waals surface area contributed by atoms with Crippen molar-refractivity contribution >= 4 is 35.3 Å². The third-order valence-corrected chi connectivity index (χ3v) is 20.7. The Balaban J connectivity index is 1.79. The summed E-state index contributed by atoms with van der Waals surface area (Å²) >= 11 is 0. The average Bonchev–Trinajstić information content (AvgIpc) is 0.776. The van der Waals surface area contributed by atoms with Crippen molar-refractivity contribution in [2.45, 2.75) is 293 Å². The van der Waals surface area contributed by atoms with Gasteiger partial charge in [0.15, 0.2) is 12.6 Å². The van der Waals surface area contributed by atoms with Crippen LogP contribution in [-0.4, -0.2) is 158 Å². The highest BCUT2D eigenvalue weighted by atomic mass is 31.3. The first-order chi connectivity index (χ1) is 47.5. The molecule has 2 saturated heterocycles. The molecule has 2 aliphatic heterocycles. The number of aliphatic hydroxyl groups excluding tert-OH is 6. The van der Waals surface area contributed by atoms with Gasteiger partial charge in [0.25, 0.3) is 0 Å². The second-order valence-electron chi connectivity index (χ2n) is 27.2. The van der Waals surface area contributed by atoms with Crippen molar-refractivity contribution in [3.05, 3.63) is 128 Å². The molecular formula is C74H125N2O22P3. The number of ether oxygens (including phenoxy) is 3. The smallest absolute Gasteiger partial charge is 0.394 e. The van der Waals surface area contributed by atoms with Gasteiger partial charge in [-0.15, -0.1) is 0 Å². The van der Waals surface area contributed by atoms with Gasteiger partial charge in [-0.25, -0.2) is 13.7 Å². The van der Waals surface area contributed by atoms with Crippen molar-refractivity contribution in [1.82, 2.24) is 10.6 Å². The summed E-state index contributed by atoms with van der Waals surface area (Å²) in [6.07, 6.45) is 28.3. The molecule has 2 aliphatic rings. The Morgan fingerprint density at radius 3 is 1.05 bits per heavy atom. The van der Waals surface area contributed by atoms with Crippen LogP contribution >= 0.6 is 23.5 Å².